The number of rotatable bonds is 8. The van der Waals surface area contributed by atoms with Crippen molar-refractivity contribution in [1.29, 1.82) is 0 Å². The first-order valence-corrected chi connectivity index (χ1v) is 9.16. The number of hydrogen-bond donors (Lipinski definition) is 1. The Balaban J connectivity index is 2.18. The molecule has 0 bridgehead atoms. The zero-order valence-corrected chi connectivity index (χ0v) is 15.8. The topological polar surface area (TPSA) is 49.4 Å². The summed E-state index contributed by atoms with van der Waals surface area (Å²) in [6.45, 7) is 6.21. The highest BCUT2D eigenvalue weighted by Gasteiger charge is 2.24. The Hall–Kier alpha value is -2.62. The Morgan fingerprint density at radius 2 is 1.58 bits per heavy atom. The van der Waals surface area contributed by atoms with E-state index in [9.17, 15) is 9.59 Å². The first-order chi connectivity index (χ1) is 12.5. The van der Waals surface area contributed by atoms with E-state index < -0.39 is 0 Å². The van der Waals surface area contributed by atoms with Crippen molar-refractivity contribution in [2.24, 2.45) is 0 Å². The summed E-state index contributed by atoms with van der Waals surface area (Å²) in [6, 6.07) is 19.5. The van der Waals surface area contributed by atoms with Gasteiger partial charge in [-0.25, -0.2) is 0 Å². The van der Waals surface area contributed by atoms with Crippen molar-refractivity contribution in [3.63, 3.8) is 0 Å². The first-order valence-electron chi connectivity index (χ1n) is 9.16. The summed E-state index contributed by atoms with van der Waals surface area (Å²) in [7, 11) is 0. The summed E-state index contributed by atoms with van der Waals surface area (Å²) in [5.41, 5.74) is 2.05. The van der Waals surface area contributed by atoms with Crippen LogP contribution in [0.15, 0.2) is 60.7 Å². The SMILES string of the molecule is CCC(C)N(Cc1ccccc1)C(=O)CC(NC(C)=O)c1ccccc1. The van der Waals surface area contributed by atoms with E-state index >= 15 is 0 Å². The highest BCUT2D eigenvalue weighted by atomic mass is 16.2. The molecule has 0 radical (unpaired) electrons. The molecule has 0 saturated carbocycles. The molecule has 0 aliphatic heterocycles. The van der Waals surface area contributed by atoms with Crippen LogP contribution in [-0.2, 0) is 16.1 Å². The molecule has 2 amide bonds. The van der Waals surface area contributed by atoms with Crippen LogP contribution in [0, 0.1) is 0 Å². The third kappa shape index (κ3) is 5.73. The summed E-state index contributed by atoms with van der Waals surface area (Å²) in [5.74, 6) is -0.0874. The summed E-state index contributed by atoms with van der Waals surface area (Å²) in [6.07, 6.45) is 1.13. The minimum Gasteiger partial charge on any atom is -0.349 e. The molecule has 2 atom stereocenters. The first kappa shape index (κ1) is 19.7. The average molecular weight is 352 g/mol. The molecule has 2 unspecified atom stereocenters. The van der Waals surface area contributed by atoms with E-state index in [0.29, 0.717) is 6.54 Å². The van der Waals surface area contributed by atoms with Gasteiger partial charge in [-0.05, 0) is 24.5 Å². The van der Waals surface area contributed by atoms with E-state index in [0.717, 1.165) is 17.5 Å². The number of amides is 2. The van der Waals surface area contributed by atoms with Gasteiger partial charge in [0, 0.05) is 19.5 Å². The van der Waals surface area contributed by atoms with Crippen molar-refractivity contribution in [1.82, 2.24) is 10.2 Å². The quantitative estimate of drug-likeness (QED) is 0.778. The molecule has 0 aliphatic rings. The average Bonchev–Trinajstić information content (AvgIpc) is 2.66. The number of benzene rings is 2. The van der Waals surface area contributed by atoms with Gasteiger partial charge in [-0.2, -0.15) is 0 Å². The molecule has 2 rings (SSSR count). The van der Waals surface area contributed by atoms with Crippen molar-refractivity contribution in [3.8, 4) is 0 Å². The van der Waals surface area contributed by atoms with Crippen molar-refractivity contribution in [2.45, 2.75) is 52.2 Å². The highest BCUT2D eigenvalue weighted by molar-refractivity contribution is 5.79. The maximum atomic E-state index is 13.1. The van der Waals surface area contributed by atoms with Gasteiger partial charge in [0.15, 0.2) is 0 Å². The maximum Gasteiger partial charge on any atom is 0.225 e. The summed E-state index contributed by atoms with van der Waals surface area (Å²) in [4.78, 5) is 26.6. The molecular weight excluding hydrogens is 324 g/mol. The summed E-state index contributed by atoms with van der Waals surface area (Å²) >= 11 is 0. The van der Waals surface area contributed by atoms with Gasteiger partial charge in [0.05, 0.1) is 12.5 Å². The fraction of sp³-hybridized carbons (Fsp3) is 0.364. The van der Waals surface area contributed by atoms with Gasteiger partial charge < -0.3 is 10.2 Å². The monoisotopic (exact) mass is 352 g/mol. The highest BCUT2D eigenvalue weighted by Crippen LogP contribution is 2.20. The van der Waals surface area contributed by atoms with Crippen LogP contribution in [0.25, 0.3) is 0 Å². The predicted octanol–water partition coefficient (Wildman–Crippen LogP) is 4.08. The molecule has 0 aliphatic carbocycles. The molecule has 0 fully saturated rings. The van der Waals surface area contributed by atoms with Gasteiger partial charge in [-0.3, -0.25) is 9.59 Å². The maximum absolute atomic E-state index is 13.1. The molecule has 1 N–H and O–H groups in total. The lowest BCUT2D eigenvalue weighted by Crippen LogP contribution is -2.40. The van der Waals surface area contributed by atoms with Gasteiger partial charge in [0.25, 0.3) is 0 Å². The Morgan fingerprint density at radius 1 is 1.00 bits per heavy atom. The third-order valence-electron chi connectivity index (χ3n) is 4.60. The van der Waals surface area contributed by atoms with Crippen LogP contribution in [0.3, 0.4) is 0 Å². The van der Waals surface area contributed by atoms with Gasteiger partial charge in [-0.1, -0.05) is 67.6 Å². The minimum absolute atomic E-state index is 0.0470. The lowest BCUT2D eigenvalue weighted by Gasteiger charge is -2.30. The van der Waals surface area contributed by atoms with Crippen LogP contribution in [0.1, 0.15) is 50.8 Å². The van der Waals surface area contributed by atoms with Gasteiger partial charge >= 0.3 is 0 Å². The molecule has 0 heterocycles. The van der Waals surface area contributed by atoms with Crippen molar-refractivity contribution < 1.29 is 9.59 Å². The normalized spacial score (nSPS) is 12.9. The van der Waals surface area contributed by atoms with Crippen molar-refractivity contribution in [3.05, 3.63) is 71.8 Å². The number of carbonyl (C=O) groups excluding carboxylic acids is 2. The summed E-state index contributed by atoms with van der Waals surface area (Å²) in [5, 5.41) is 2.92. The number of nitrogens with zero attached hydrogens (tertiary/aromatic N) is 1. The molecule has 0 aromatic heterocycles. The minimum atomic E-state index is -0.316. The Kier molecular flexibility index (Phi) is 7.39. The predicted molar refractivity (Wildman–Crippen MR) is 104 cm³/mol. The van der Waals surface area contributed by atoms with Crippen LogP contribution >= 0.6 is 0 Å². The zero-order chi connectivity index (χ0) is 18.9. The smallest absolute Gasteiger partial charge is 0.225 e. The molecule has 4 heteroatoms. The molecule has 0 spiro atoms. The van der Waals surface area contributed by atoms with Gasteiger partial charge in [0.1, 0.15) is 0 Å². The lowest BCUT2D eigenvalue weighted by molar-refractivity contribution is -0.134. The summed E-state index contributed by atoms with van der Waals surface area (Å²) < 4.78 is 0. The van der Waals surface area contributed by atoms with Crippen molar-refractivity contribution >= 4 is 11.8 Å². The van der Waals surface area contributed by atoms with E-state index in [1.807, 2.05) is 65.6 Å². The second kappa shape index (κ2) is 9.76. The van der Waals surface area contributed by atoms with Crippen LogP contribution in [0.5, 0.6) is 0 Å². The van der Waals surface area contributed by atoms with Crippen LogP contribution in [0.4, 0.5) is 0 Å². The Bertz CT molecular complexity index is 701. The largest absolute Gasteiger partial charge is 0.349 e. The van der Waals surface area contributed by atoms with E-state index in [2.05, 4.69) is 19.2 Å². The number of carbonyl (C=O) groups is 2. The second-order valence-electron chi connectivity index (χ2n) is 6.63. The molecule has 4 nitrogen and oxygen atoms in total. The van der Waals surface area contributed by atoms with Gasteiger partial charge in [-0.15, -0.1) is 0 Å². The molecule has 2 aromatic carbocycles. The molecule has 2 aromatic rings. The molecule has 138 valence electrons. The van der Waals surface area contributed by atoms with Crippen molar-refractivity contribution in [2.75, 3.05) is 0 Å². The third-order valence-corrected chi connectivity index (χ3v) is 4.60. The molecule has 0 saturated heterocycles. The zero-order valence-electron chi connectivity index (χ0n) is 15.8. The molecular formula is C22H28N2O2. The number of hydrogen-bond acceptors (Lipinski definition) is 2. The van der Waals surface area contributed by atoms with E-state index in [-0.39, 0.29) is 30.3 Å². The van der Waals surface area contributed by atoms with E-state index in [1.54, 1.807) is 0 Å². The fourth-order valence-corrected chi connectivity index (χ4v) is 2.97. The second-order valence-corrected chi connectivity index (χ2v) is 6.63. The molecule has 26 heavy (non-hydrogen) atoms. The van der Waals surface area contributed by atoms with Crippen LogP contribution in [-0.4, -0.2) is 22.8 Å². The van der Waals surface area contributed by atoms with Crippen LogP contribution in [0.2, 0.25) is 0 Å². The number of nitrogens with one attached hydrogen (secondary N) is 1. The van der Waals surface area contributed by atoms with E-state index in [1.165, 1.54) is 6.92 Å². The lowest BCUT2D eigenvalue weighted by atomic mass is 10.0. The fourth-order valence-electron chi connectivity index (χ4n) is 2.97. The Labute approximate surface area is 156 Å². The Morgan fingerprint density at radius 3 is 2.12 bits per heavy atom. The van der Waals surface area contributed by atoms with Crippen LogP contribution < -0.4 is 5.32 Å². The van der Waals surface area contributed by atoms with E-state index in [4.69, 9.17) is 0 Å². The van der Waals surface area contributed by atoms with Gasteiger partial charge in [0.2, 0.25) is 11.8 Å². The standard InChI is InChI=1S/C22H28N2O2/c1-4-17(2)24(16-19-11-7-5-8-12-19)22(26)15-21(23-18(3)25)20-13-9-6-10-14-20/h5-14,17,21H,4,15-16H2,1-3H3,(H,23,25).